The third-order valence-corrected chi connectivity index (χ3v) is 4.12. The highest BCUT2D eigenvalue weighted by Gasteiger charge is 2.15. The number of para-hydroxylation sites is 1. The average Bonchev–Trinajstić information content (AvgIpc) is 2.86. The van der Waals surface area contributed by atoms with E-state index in [1.54, 1.807) is 23.5 Å². The fraction of sp³-hybridized carbons (Fsp3) is 0.286. The van der Waals surface area contributed by atoms with Gasteiger partial charge in [-0.1, -0.05) is 31.5 Å². The first-order chi connectivity index (χ1) is 9.49. The standard InChI is InChI=1S/C14H14ClNO3S/c1-8(2)13-16-9(7-20-13)6-19-12-10(14(17)18)4-3-5-11(12)15/h3-5,7-8H,6H2,1-2H3,(H,17,18). The minimum absolute atomic E-state index is 0.0526. The predicted molar refractivity (Wildman–Crippen MR) is 78.9 cm³/mol. The SMILES string of the molecule is CC(C)c1nc(COc2c(Cl)cccc2C(=O)O)cs1. The fourth-order valence-electron chi connectivity index (χ4n) is 1.62. The molecule has 1 aromatic carbocycles. The van der Waals surface area contributed by atoms with Crippen molar-refractivity contribution in [3.8, 4) is 5.75 Å². The van der Waals surface area contributed by atoms with Gasteiger partial charge in [-0.25, -0.2) is 9.78 Å². The number of halogens is 1. The lowest BCUT2D eigenvalue weighted by Crippen LogP contribution is -2.04. The number of ether oxygens (including phenoxy) is 1. The number of aromatic nitrogens is 1. The zero-order valence-electron chi connectivity index (χ0n) is 11.1. The molecule has 0 bridgehead atoms. The zero-order chi connectivity index (χ0) is 14.7. The van der Waals surface area contributed by atoms with Gasteiger partial charge in [-0.2, -0.15) is 0 Å². The van der Waals surface area contributed by atoms with Crippen molar-refractivity contribution in [1.82, 2.24) is 4.98 Å². The monoisotopic (exact) mass is 311 g/mol. The molecule has 0 aliphatic carbocycles. The van der Waals surface area contributed by atoms with E-state index in [4.69, 9.17) is 21.4 Å². The molecule has 2 aromatic rings. The Labute approximate surface area is 126 Å². The molecule has 6 heteroatoms. The Kier molecular flexibility index (Phi) is 4.62. The topological polar surface area (TPSA) is 59.4 Å². The van der Waals surface area contributed by atoms with E-state index in [0.29, 0.717) is 5.92 Å². The van der Waals surface area contributed by atoms with Gasteiger partial charge in [-0.3, -0.25) is 0 Å². The van der Waals surface area contributed by atoms with Crippen molar-refractivity contribution in [2.24, 2.45) is 0 Å². The molecule has 4 nitrogen and oxygen atoms in total. The zero-order valence-corrected chi connectivity index (χ0v) is 12.7. The molecule has 0 saturated carbocycles. The lowest BCUT2D eigenvalue weighted by atomic mass is 10.2. The van der Waals surface area contributed by atoms with E-state index in [1.165, 1.54) is 6.07 Å². The second-order valence-corrected chi connectivity index (χ2v) is 5.84. The van der Waals surface area contributed by atoms with Crippen LogP contribution in [0.2, 0.25) is 5.02 Å². The number of aromatic carboxylic acids is 1. The summed E-state index contributed by atoms with van der Waals surface area (Å²) in [6.07, 6.45) is 0. The molecule has 1 aromatic heterocycles. The van der Waals surface area contributed by atoms with Gasteiger partial charge in [0.1, 0.15) is 12.2 Å². The maximum atomic E-state index is 11.1. The predicted octanol–water partition coefficient (Wildman–Crippen LogP) is 4.20. The summed E-state index contributed by atoms with van der Waals surface area (Å²) in [5, 5.41) is 12.3. The summed E-state index contributed by atoms with van der Waals surface area (Å²) in [5.41, 5.74) is 0.826. The second-order valence-electron chi connectivity index (χ2n) is 4.54. The van der Waals surface area contributed by atoms with E-state index in [9.17, 15) is 4.79 Å². The molecule has 0 spiro atoms. The van der Waals surface area contributed by atoms with Crippen LogP contribution in [0.25, 0.3) is 0 Å². The van der Waals surface area contributed by atoms with E-state index in [2.05, 4.69) is 18.8 Å². The lowest BCUT2D eigenvalue weighted by molar-refractivity contribution is 0.0691. The van der Waals surface area contributed by atoms with Crippen LogP contribution in [-0.4, -0.2) is 16.1 Å². The smallest absolute Gasteiger partial charge is 0.339 e. The average molecular weight is 312 g/mol. The Bertz CT molecular complexity index is 625. The summed E-state index contributed by atoms with van der Waals surface area (Å²) < 4.78 is 5.54. The van der Waals surface area contributed by atoms with Crippen LogP contribution in [0.1, 0.15) is 40.8 Å². The van der Waals surface area contributed by atoms with Crippen LogP contribution < -0.4 is 4.74 Å². The Morgan fingerprint density at radius 3 is 2.85 bits per heavy atom. The molecule has 0 atom stereocenters. The third-order valence-electron chi connectivity index (χ3n) is 2.63. The molecule has 0 aliphatic heterocycles. The molecule has 106 valence electrons. The first kappa shape index (κ1) is 14.8. The first-order valence-electron chi connectivity index (χ1n) is 6.08. The molecule has 0 unspecified atom stereocenters. The Morgan fingerprint density at radius 1 is 1.50 bits per heavy atom. The number of thiazole rings is 1. The van der Waals surface area contributed by atoms with Crippen molar-refractivity contribution in [3.63, 3.8) is 0 Å². The molecular weight excluding hydrogens is 298 g/mol. The van der Waals surface area contributed by atoms with Crippen molar-refractivity contribution in [2.45, 2.75) is 26.4 Å². The molecule has 0 amide bonds. The first-order valence-corrected chi connectivity index (χ1v) is 7.33. The van der Waals surface area contributed by atoms with E-state index >= 15 is 0 Å². The number of carboxylic acids is 1. The van der Waals surface area contributed by atoms with Gasteiger partial charge < -0.3 is 9.84 Å². The van der Waals surface area contributed by atoms with Crippen molar-refractivity contribution in [1.29, 1.82) is 0 Å². The summed E-state index contributed by atoms with van der Waals surface area (Å²) in [5.74, 6) is -0.520. The molecule has 20 heavy (non-hydrogen) atoms. The van der Waals surface area contributed by atoms with Gasteiger partial charge >= 0.3 is 5.97 Å². The minimum Gasteiger partial charge on any atom is -0.485 e. The number of hydrogen-bond acceptors (Lipinski definition) is 4. The molecule has 0 fully saturated rings. The summed E-state index contributed by atoms with van der Waals surface area (Å²) in [4.78, 5) is 15.6. The van der Waals surface area contributed by atoms with Crippen LogP contribution in [0.5, 0.6) is 5.75 Å². The molecule has 1 heterocycles. The number of hydrogen-bond donors (Lipinski definition) is 1. The van der Waals surface area contributed by atoms with Crippen molar-refractivity contribution >= 4 is 28.9 Å². The van der Waals surface area contributed by atoms with E-state index in [-0.39, 0.29) is 22.9 Å². The van der Waals surface area contributed by atoms with Crippen LogP contribution in [-0.2, 0) is 6.61 Å². The molecule has 0 radical (unpaired) electrons. The molecule has 0 aliphatic rings. The van der Waals surface area contributed by atoms with E-state index in [0.717, 1.165) is 10.7 Å². The highest BCUT2D eigenvalue weighted by molar-refractivity contribution is 7.09. The maximum Gasteiger partial charge on any atom is 0.339 e. The number of rotatable bonds is 5. The van der Waals surface area contributed by atoms with Gasteiger partial charge in [0.25, 0.3) is 0 Å². The summed E-state index contributed by atoms with van der Waals surface area (Å²) in [7, 11) is 0. The van der Waals surface area contributed by atoms with Crippen LogP contribution in [0.15, 0.2) is 23.6 Å². The number of nitrogens with zero attached hydrogens (tertiary/aromatic N) is 1. The van der Waals surface area contributed by atoms with E-state index < -0.39 is 5.97 Å². The van der Waals surface area contributed by atoms with Gasteiger partial charge in [0, 0.05) is 11.3 Å². The highest BCUT2D eigenvalue weighted by Crippen LogP contribution is 2.29. The minimum atomic E-state index is -1.07. The molecule has 2 rings (SSSR count). The number of benzene rings is 1. The largest absolute Gasteiger partial charge is 0.485 e. The van der Waals surface area contributed by atoms with Crippen molar-refractivity contribution in [3.05, 3.63) is 44.9 Å². The Balaban J connectivity index is 2.16. The van der Waals surface area contributed by atoms with Gasteiger partial charge in [0.2, 0.25) is 0 Å². The summed E-state index contributed by atoms with van der Waals surface area (Å²) >= 11 is 7.56. The summed E-state index contributed by atoms with van der Waals surface area (Å²) in [6.45, 7) is 4.34. The summed E-state index contributed by atoms with van der Waals surface area (Å²) in [6, 6.07) is 4.65. The van der Waals surface area contributed by atoms with Gasteiger partial charge in [-0.05, 0) is 12.1 Å². The lowest BCUT2D eigenvalue weighted by Gasteiger charge is -2.09. The number of carboxylic acid groups (broad SMARTS) is 1. The Hall–Kier alpha value is -1.59. The van der Waals surface area contributed by atoms with Gasteiger partial charge in [0.15, 0.2) is 5.75 Å². The quantitative estimate of drug-likeness (QED) is 0.899. The highest BCUT2D eigenvalue weighted by atomic mass is 35.5. The second kappa shape index (κ2) is 6.24. The maximum absolute atomic E-state index is 11.1. The van der Waals surface area contributed by atoms with Crippen molar-refractivity contribution in [2.75, 3.05) is 0 Å². The fourth-order valence-corrected chi connectivity index (χ4v) is 2.67. The Morgan fingerprint density at radius 2 is 2.25 bits per heavy atom. The molecule has 0 saturated heterocycles. The van der Waals surface area contributed by atoms with Crippen LogP contribution >= 0.6 is 22.9 Å². The van der Waals surface area contributed by atoms with Gasteiger partial charge in [-0.15, -0.1) is 11.3 Å². The van der Waals surface area contributed by atoms with Crippen molar-refractivity contribution < 1.29 is 14.6 Å². The molecular formula is C14H14ClNO3S. The number of carbonyl (C=O) groups is 1. The van der Waals surface area contributed by atoms with E-state index in [1.807, 2.05) is 5.38 Å². The normalized spacial score (nSPS) is 10.8. The molecule has 1 N–H and O–H groups in total. The van der Waals surface area contributed by atoms with Gasteiger partial charge in [0.05, 0.1) is 15.7 Å². The third kappa shape index (κ3) is 3.29. The van der Waals surface area contributed by atoms with Crippen LogP contribution in [0.3, 0.4) is 0 Å². The van der Waals surface area contributed by atoms with Crippen LogP contribution in [0, 0.1) is 0 Å². The van der Waals surface area contributed by atoms with Crippen LogP contribution in [0.4, 0.5) is 0 Å².